The first-order valence-corrected chi connectivity index (χ1v) is 7.09. The molecule has 122 valence electrons. The van der Waals surface area contributed by atoms with Crippen LogP contribution < -0.4 is 9.47 Å². The van der Waals surface area contributed by atoms with Crippen LogP contribution in [0.1, 0.15) is 0 Å². The molecule has 0 atom stereocenters. The van der Waals surface area contributed by atoms with Crippen molar-refractivity contribution in [2.45, 2.75) is 0 Å². The minimum Gasteiger partial charge on any atom is -0.497 e. The van der Waals surface area contributed by atoms with Gasteiger partial charge in [-0.2, -0.15) is 4.98 Å². The molecular weight excluding hydrogens is 312 g/mol. The Morgan fingerprint density at radius 2 is 1.92 bits per heavy atom. The fourth-order valence-electron chi connectivity index (χ4n) is 2.10. The number of aromatic nitrogens is 2. The maximum atomic E-state index is 10.7. The molecule has 2 aromatic carbocycles. The molecule has 0 saturated carbocycles. The third-order valence-corrected chi connectivity index (χ3v) is 3.24. The highest BCUT2D eigenvalue weighted by Crippen LogP contribution is 2.30. The number of ether oxygens (including phenoxy) is 2. The fraction of sp³-hybridized carbons (Fsp3) is 0.118. The molecule has 0 unspecified atom stereocenters. The van der Waals surface area contributed by atoms with Crippen molar-refractivity contribution in [2.24, 2.45) is 0 Å². The number of carboxylic acids is 1. The monoisotopic (exact) mass is 326 g/mol. The number of hydrogen-bond donors (Lipinski definition) is 1. The smallest absolute Gasteiger partial charge is 0.341 e. The highest BCUT2D eigenvalue weighted by Gasteiger charge is 2.15. The zero-order chi connectivity index (χ0) is 16.9. The Balaban J connectivity index is 1.88. The van der Waals surface area contributed by atoms with Gasteiger partial charge in [-0.3, -0.25) is 0 Å². The average molecular weight is 326 g/mol. The lowest BCUT2D eigenvalue weighted by Gasteiger charge is -2.06. The number of aliphatic carboxylic acids is 1. The predicted molar refractivity (Wildman–Crippen MR) is 84.9 cm³/mol. The van der Waals surface area contributed by atoms with Crippen molar-refractivity contribution in [3.05, 3.63) is 48.5 Å². The van der Waals surface area contributed by atoms with Crippen molar-refractivity contribution in [1.82, 2.24) is 10.1 Å². The number of carbonyl (C=O) groups is 1. The highest BCUT2D eigenvalue weighted by atomic mass is 16.5. The minimum absolute atomic E-state index is 0.252. The number of benzene rings is 2. The second-order valence-corrected chi connectivity index (χ2v) is 4.83. The van der Waals surface area contributed by atoms with Crippen molar-refractivity contribution in [3.63, 3.8) is 0 Å². The molecule has 0 saturated heterocycles. The van der Waals surface area contributed by atoms with Gasteiger partial charge in [0.1, 0.15) is 11.5 Å². The summed E-state index contributed by atoms with van der Waals surface area (Å²) in [7, 11) is 1.59. The van der Waals surface area contributed by atoms with Crippen LogP contribution in [-0.2, 0) is 4.79 Å². The van der Waals surface area contributed by atoms with Gasteiger partial charge in [-0.15, -0.1) is 0 Å². The van der Waals surface area contributed by atoms with Crippen LogP contribution in [0.3, 0.4) is 0 Å². The van der Waals surface area contributed by atoms with Crippen LogP contribution in [0.4, 0.5) is 0 Å². The van der Waals surface area contributed by atoms with E-state index in [0.717, 1.165) is 11.3 Å². The van der Waals surface area contributed by atoms with Gasteiger partial charge in [0.05, 0.1) is 12.7 Å². The van der Waals surface area contributed by atoms with E-state index >= 15 is 0 Å². The third-order valence-electron chi connectivity index (χ3n) is 3.24. The molecule has 0 amide bonds. The van der Waals surface area contributed by atoms with E-state index in [0.29, 0.717) is 17.1 Å². The summed E-state index contributed by atoms with van der Waals surface area (Å²) in [4.78, 5) is 15.0. The summed E-state index contributed by atoms with van der Waals surface area (Å²) < 4.78 is 15.7. The van der Waals surface area contributed by atoms with Crippen molar-refractivity contribution < 1.29 is 23.9 Å². The number of hydrogen-bond acceptors (Lipinski definition) is 6. The Morgan fingerprint density at radius 1 is 1.17 bits per heavy atom. The summed E-state index contributed by atoms with van der Waals surface area (Å²) in [5, 5.41) is 12.7. The number of methoxy groups -OCH3 is 1. The molecule has 3 rings (SSSR count). The van der Waals surface area contributed by atoms with E-state index in [9.17, 15) is 4.79 Å². The van der Waals surface area contributed by atoms with E-state index in [-0.39, 0.29) is 5.89 Å². The summed E-state index contributed by atoms with van der Waals surface area (Å²) >= 11 is 0. The zero-order valence-electron chi connectivity index (χ0n) is 12.8. The molecule has 24 heavy (non-hydrogen) atoms. The Hall–Kier alpha value is -3.35. The van der Waals surface area contributed by atoms with Crippen molar-refractivity contribution in [1.29, 1.82) is 0 Å². The normalized spacial score (nSPS) is 10.4. The third kappa shape index (κ3) is 3.35. The molecule has 0 aliphatic carbocycles. The lowest BCUT2D eigenvalue weighted by molar-refractivity contribution is -0.139. The van der Waals surface area contributed by atoms with Crippen molar-refractivity contribution in [2.75, 3.05) is 13.7 Å². The van der Waals surface area contributed by atoms with Crippen molar-refractivity contribution >= 4 is 5.97 Å². The molecule has 1 aromatic heterocycles. The van der Waals surface area contributed by atoms with Crippen LogP contribution >= 0.6 is 0 Å². The van der Waals surface area contributed by atoms with Crippen LogP contribution in [0, 0.1) is 0 Å². The van der Waals surface area contributed by atoms with Crippen LogP contribution in [-0.4, -0.2) is 34.9 Å². The second-order valence-electron chi connectivity index (χ2n) is 4.83. The van der Waals surface area contributed by atoms with E-state index in [1.807, 2.05) is 12.1 Å². The first-order valence-electron chi connectivity index (χ1n) is 7.09. The lowest BCUT2D eigenvalue weighted by atomic mass is 10.2. The zero-order valence-corrected chi connectivity index (χ0v) is 12.8. The molecule has 7 nitrogen and oxygen atoms in total. The molecule has 1 N–H and O–H groups in total. The van der Waals surface area contributed by atoms with Crippen LogP contribution in [0.5, 0.6) is 11.5 Å². The summed E-state index contributed by atoms with van der Waals surface area (Å²) in [6.45, 7) is -0.448. The topological polar surface area (TPSA) is 94.7 Å². The summed E-state index contributed by atoms with van der Waals surface area (Å²) in [5.41, 5.74) is 1.31. The number of rotatable bonds is 6. The summed E-state index contributed by atoms with van der Waals surface area (Å²) in [5.74, 6) is 0.705. The maximum Gasteiger partial charge on any atom is 0.341 e. The Morgan fingerprint density at radius 3 is 2.62 bits per heavy atom. The van der Waals surface area contributed by atoms with Gasteiger partial charge in [-0.1, -0.05) is 17.3 Å². The minimum atomic E-state index is -1.06. The van der Waals surface area contributed by atoms with E-state index in [1.54, 1.807) is 43.5 Å². The van der Waals surface area contributed by atoms with E-state index in [2.05, 4.69) is 10.1 Å². The van der Waals surface area contributed by atoms with Gasteiger partial charge in [-0.25, -0.2) is 4.79 Å². The highest BCUT2D eigenvalue weighted by molar-refractivity contribution is 5.70. The van der Waals surface area contributed by atoms with Gasteiger partial charge in [0.25, 0.3) is 5.89 Å². The first-order chi connectivity index (χ1) is 11.7. The molecular formula is C17H14N2O5. The Labute approximate surface area is 137 Å². The molecule has 0 bridgehead atoms. The lowest BCUT2D eigenvalue weighted by Crippen LogP contribution is -2.09. The fourth-order valence-corrected chi connectivity index (χ4v) is 2.10. The molecule has 0 fully saturated rings. The van der Waals surface area contributed by atoms with Gasteiger partial charge < -0.3 is 19.1 Å². The molecule has 1 heterocycles. The second kappa shape index (κ2) is 6.82. The predicted octanol–water partition coefficient (Wildman–Crippen LogP) is 2.88. The largest absolute Gasteiger partial charge is 0.497 e. The van der Waals surface area contributed by atoms with E-state index in [4.69, 9.17) is 19.1 Å². The van der Waals surface area contributed by atoms with Gasteiger partial charge in [0.15, 0.2) is 6.61 Å². The van der Waals surface area contributed by atoms with Gasteiger partial charge in [0, 0.05) is 5.56 Å². The number of nitrogens with zero attached hydrogens (tertiary/aromatic N) is 2. The molecule has 0 aliphatic heterocycles. The van der Waals surface area contributed by atoms with Crippen LogP contribution in [0.25, 0.3) is 22.8 Å². The van der Waals surface area contributed by atoms with Gasteiger partial charge in [0.2, 0.25) is 5.82 Å². The Kier molecular flexibility index (Phi) is 4.42. The Bertz CT molecular complexity index is 842. The summed E-state index contributed by atoms with van der Waals surface area (Å²) in [6.07, 6.45) is 0. The molecule has 0 aliphatic rings. The number of para-hydroxylation sites is 1. The molecule has 3 aromatic rings. The van der Waals surface area contributed by atoms with E-state index < -0.39 is 12.6 Å². The SMILES string of the molecule is COc1ccc(-c2noc(-c3ccccc3OCC(=O)O)n2)cc1. The van der Waals surface area contributed by atoms with Gasteiger partial charge >= 0.3 is 5.97 Å². The molecule has 0 spiro atoms. The van der Waals surface area contributed by atoms with Crippen LogP contribution in [0.15, 0.2) is 53.1 Å². The van der Waals surface area contributed by atoms with E-state index in [1.165, 1.54) is 0 Å². The number of carboxylic acid groups (broad SMARTS) is 1. The summed E-state index contributed by atoms with van der Waals surface area (Å²) in [6, 6.07) is 14.1. The molecule has 7 heteroatoms. The van der Waals surface area contributed by atoms with Crippen molar-refractivity contribution in [3.8, 4) is 34.3 Å². The average Bonchev–Trinajstić information content (AvgIpc) is 3.10. The van der Waals surface area contributed by atoms with Crippen LogP contribution in [0.2, 0.25) is 0 Å². The quantitative estimate of drug-likeness (QED) is 0.744. The van der Waals surface area contributed by atoms with Gasteiger partial charge in [-0.05, 0) is 36.4 Å². The maximum absolute atomic E-state index is 10.7. The molecule has 0 radical (unpaired) electrons. The standard InChI is InChI=1S/C17H14N2O5/c1-22-12-8-6-11(7-9-12)16-18-17(24-19-16)13-4-2-3-5-14(13)23-10-15(20)21/h2-9H,10H2,1H3,(H,20,21). The first kappa shape index (κ1) is 15.5.